The Balaban J connectivity index is 1.97. The molecule has 0 aromatic heterocycles. The van der Waals surface area contributed by atoms with Crippen LogP contribution in [0.4, 0.5) is 10.1 Å². The van der Waals surface area contributed by atoms with Crippen LogP contribution in [0.2, 0.25) is 0 Å². The Bertz CT molecular complexity index is 775. The highest BCUT2D eigenvalue weighted by atomic mass is 19.1. The summed E-state index contributed by atoms with van der Waals surface area (Å²) in [5.74, 6) is -2.21. The number of carbonyl (C=O) groups is 2. The molecule has 2 N–H and O–H groups in total. The third kappa shape index (κ3) is 4.49. The van der Waals surface area contributed by atoms with Crippen molar-refractivity contribution in [2.75, 3.05) is 5.32 Å². The van der Waals surface area contributed by atoms with Gasteiger partial charge in [-0.2, -0.15) is 5.10 Å². The summed E-state index contributed by atoms with van der Waals surface area (Å²) in [7, 11) is 0. The van der Waals surface area contributed by atoms with E-state index in [1.54, 1.807) is 0 Å². The molecule has 2 aromatic rings. The van der Waals surface area contributed by atoms with E-state index in [9.17, 15) is 14.0 Å². The highest BCUT2D eigenvalue weighted by molar-refractivity contribution is 6.39. The fourth-order valence-electron chi connectivity index (χ4n) is 2.32. The second-order valence-electron chi connectivity index (χ2n) is 5.47. The maximum absolute atomic E-state index is 12.8. The average Bonchev–Trinajstić information content (AvgIpc) is 2.51. The monoisotopic (exact) mass is 327 g/mol. The van der Waals surface area contributed by atoms with Crippen LogP contribution in [-0.4, -0.2) is 18.0 Å². The van der Waals surface area contributed by atoms with Crippen LogP contribution < -0.4 is 10.7 Å². The molecule has 0 aliphatic rings. The Labute approximate surface area is 139 Å². The number of hydrogen-bond acceptors (Lipinski definition) is 3. The van der Waals surface area contributed by atoms with Gasteiger partial charge in [-0.05, 0) is 56.2 Å². The van der Waals surface area contributed by atoms with Crippen molar-refractivity contribution in [2.24, 2.45) is 5.10 Å². The minimum Gasteiger partial charge on any atom is -0.318 e. The van der Waals surface area contributed by atoms with Crippen molar-refractivity contribution in [3.05, 3.63) is 64.5 Å². The lowest BCUT2D eigenvalue weighted by Crippen LogP contribution is -2.32. The molecule has 0 aliphatic carbocycles. The van der Waals surface area contributed by atoms with Gasteiger partial charge in [-0.3, -0.25) is 9.59 Å². The summed E-state index contributed by atoms with van der Waals surface area (Å²) in [6.45, 7) is 5.90. The summed E-state index contributed by atoms with van der Waals surface area (Å²) in [5.41, 5.74) is 6.59. The summed E-state index contributed by atoms with van der Waals surface area (Å²) >= 11 is 0. The third-order valence-electron chi connectivity index (χ3n) is 3.41. The first-order valence-corrected chi connectivity index (χ1v) is 7.34. The van der Waals surface area contributed by atoms with Gasteiger partial charge in [0.05, 0.1) is 6.21 Å². The maximum atomic E-state index is 12.8. The van der Waals surface area contributed by atoms with Crippen LogP contribution in [0.15, 0.2) is 41.5 Å². The third-order valence-corrected chi connectivity index (χ3v) is 3.41. The first kappa shape index (κ1) is 17.3. The molecule has 2 amide bonds. The van der Waals surface area contributed by atoms with Gasteiger partial charge in [-0.25, -0.2) is 9.82 Å². The molecule has 0 spiro atoms. The second-order valence-corrected chi connectivity index (χ2v) is 5.47. The number of halogens is 1. The molecule has 124 valence electrons. The van der Waals surface area contributed by atoms with E-state index < -0.39 is 17.6 Å². The predicted molar refractivity (Wildman–Crippen MR) is 91.4 cm³/mol. The van der Waals surface area contributed by atoms with Gasteiger partial charge in [0.1, 0.15) is 5.82 Å². The van der Waals surface area contributed by atoms with Crippen LogP contribution >= 0.6 is 0 Å². The summed E-state index contributed by atoms with van der Waals surface area (Å²) in [4.78, 5) is 23.4. The molecule has 0 radical (unpaired) electrons. The van der Waals surface area contributed by atoms with Crippen LogP contribution in [0.3, 0.4) is 0 Å². The normalized spacial score (nSPS) is 10.7. The molecule has 0 heterocycles. The summed E-state index contributed by atoms with van der Waals surface area (Å²) in [6, 6.07) is 9.13. The highest BCUT2D eigenvalue weighted by Crippen LogP contribution is 2.14. The zero-order chi connectivity index (χ0) is 17.7. The standard InChI is InChI=1S/C18H18FN3O2/c1-11-8-12(2)16(13(3)9-11)10-20-22-18(24)17(23)21-15-6-4-14(19)5-7-15/h4-10H,1-3H3,(H,21,23)(H,22,24)/b20-10-. The van der Waals surface area contributed by atoms with Crippen molar-refractivity contribution in [1.82, 2.24) is 5.43 Å². The molecule has 6 heteroatoms. The van der Waals surface area contributed by atoms with Crippen molar-refractivity contribution in [1.29, 1.82) is 0 Å². The number of hydrazone groups is 1. The van der Waals surface area contributed by atoms with Gasteiger partial charge in [0, 0.05) is 11.3 Å². The molecule has 0 bridgehead atoms. The van der Waals surface area contributed by atoms with Gasteiger partial charge in [0.25, 0.3) is 0 Å². The summed E-state index contributed by atoms with van der Waals surface area (Å²) < 4.78 is 12.8. The number of nitrogens with one attached hydrogen (secondary N) is 2. The maximum Gasteiger partial charge on any atom is 0.329 e. The first-order chi connectivity index (χ1) is 11.4. The van der Waals surface area contributed by atoms with Crippen molar-refractivity contribution < 1.29 is 14.0 Å². The molecular weight excluding hydrogens is 309 g/mol. The molecule has 0 saturated heterocycles. The van der Waals surface area contributed by atoms with Gasteiger partial charge < -0.3 is 5.32 Å². The van der Waals surface area contributed by atoms with E-state index in [4.69, 9.17) is 0 Å². The topological polar surface area (TPSA) is 70.6 Å². The molecular formula is C18H18FN3O2. The summed E-state index contributed by atoms with van der Waals surface area (Å²) in [6.07, 6.45) is 1.51. The first-order valence-electron chi connectivity index (χ1n) is 7.34. The number of aryl methyl sites for hydroxylation is 3. The largest absolute Gasteiger partial charge is 0.329 e. The quantitative estimate of drug-likeness (QED) is 0.517. The number of carbonyl (C=O) groups excluding carboxylic acids is 2. The molecule has 0 fully saturated rings. The molecule has 0 unspecified atom stereocenters. The lowest BCUT2D eigenvalue weighted by Gasteiger charge is -2.07. The van der Waals surface area contributed by atoms with E-state index in [-0.39, 0.29) is 0 Å². The van der Waals surface area contributed by atoms with E-state index in [0.29, 0.717) is 5.69 Å². The second kappa shape index (κ2) is 7.50. The zero-order valence-electron chi connectivity index (χ0n) is 13.7. The fraction of sp³-hybridized carbons (Fsp3) is 0.167. The van der Waals surface area contributed by atoms with Crippen LogP contribution in [0.5, 0.6) is 0 Å². The zero-order valence-corrected chi connectivity index (χ0v) is 13.7. The smallest absolute Gasteiger partial charge is 0.318 e. The Morgan fingerprint density at radius 1 is 1.00 bits per heavy atom. The minimum absolute atomic E-state index is 0.325. The Hall–Kier alpha value is -3.02. The molecule has 2 rings (SSSR count). The van der Waals surface area contributed by atoms with Crippen LogP contribution in [0.25, 0.3) is 0 Å². The van der Waals surface area contributed by atoms with Crippen molar-refractivity contribution >= 4 is 23.7 Å². The van der Waals surface area contributed by atoms with Crippen LogP contribution in [-0.2, 0) is 9.59 Å². The van der Waals surface area contributed by atoms with Crippen molar-refractivity contribution in [3.8, 4) is 0 Å². The number of rotatable bonds is 3. The fourth-order valence-corrected chi connectivity index (χ4v) is 2.32. The van der Waals surface area contributed by atoms with Crippen molar-refractivity contribution in [2.45, 2.75) is 20.8 Å². The van der Waals surface area contributed by atoms with Gasteiger partial charge in [0.2, 0.25) is 0 Å². The van der Waals surface area contributed by atoms with E-state index >= 15 is 0 Å². The van der Waals surface area contributed by atoms with E-state index in [2.05, 4.69) is 15.8 Å². The molecule has 2 aromatic carbocycles. The lowest BCUT2D eigenvalue weighted by atomic mass is 10.0. The number of anilines is 1. The lowest BCUT2D eigenvalue weighted by molar-refractivity contribution is -0.136. The molecule has 5 nitrogen and oxygen atoms in total. The van der Waals surface area contributed by atoms with E-state index in [1.807, 2.05) is 32.9 Å². The van der Waals surface area contributed by atoms with Gasteiger partial charge in [-0.15, -0.1) is 0 Å². The molecule has 0 aliphatic heterocycles. The minimum atomic E-state index is -0.905. The molecule has 24 heavy (non-hydrogen) atoms. The SMILES string of the molecule is Cc1cc(C)c(/C=N\NC(=O)C(=O)Nc2ccc(F)cc2)c(C)c1. The summed E-state index contributed by atoms with van der Waals surface area (Å²) in [5, 5.41) is 6.18. The number of benzene rings is 2. The van der Waals surface area contributed by atoms with Crippen molar-refractivity contribution in [3.63, 3.8) is 0 Å². The van der Waals surface area contributed by atoms with Crippen LogP contribution in [0, 0.1) is 26.6 Å². The number of amides is 2. The number of nitrogens with zero attached hydrogens (tertiary/aromatic N) is 1. The van der Waals surface area contributed by atoms with E-state index in [0.717, 1.165) is 22.3 Å². The number of hydrogen-bond donors (Lipinski definition) is 2. The predicted octanol–water partition coefficient (Wildman–Crippen LogP) is 2.84. The van der Waals surface area contributed by atoms with Gasteiger partial charge in [-0.1, -0.05) is 17.7 Å². The van der Waals surface area contributed by atoms with Crippen LogP contribution in [0.1, 0.15) is 22.3 Å². The Morgan fingerprint density at radius 2 is 1.58 bits per heavy atom. The van der Waals surface area contributed by atoms with Gasteiger partial charge in [0.15, 0.2) is 0 Å². The Kier molecular flexibility index (Phi) is 5.42. The van der Waals surface area contributed by atoms with E-state index in [1.165, 1.54) is 30.5 Å². The Morgan fingerprint density at radius 3 is 2.17 bits per heavy atom. The molecule has 0 atom stereocenters. The highest BCUT2D eigenvalue weighted by Gasteiger charge is 2.12. The average molecular weight is 327 g/mol. The molecule has 0 saturated carbocycles. The van der Waals surface area contributed by atoms with Gasteiger partial charge >= 0.3 is 11.8 Å².